The number of phenolic OH excluding ortho intramolecular Hbond substituents is 1. The molecule has 5 aliphatic rings. The number of carbonyl (C=O) groups excluding carboxylic acids is 1. The molecule has 1 spiro atoms. The number of phenols is 1. The molecular formula is C23H29NO4. The maximum absolute atomic E-state index is 12.7. The number of ether oxygens (including phenoxy) is 2. The van der Waals surface area contributed by atoms with Gasteiger partial charge in [0.2, 0.25) is 0 Å². The van der Waals surface area contributed by atoms with Crippen molar-refractivity contribution in [3.63, 3.8) is 0 Å². The van der Waals surface area contributed by atoms with Crippen molar-refractivity contribution in [2.24, 2.45) is 17.3 Å². The Labute approximate surface area is 166 Å². The molecule has 4 bridgehead atoms. The first kappa shape index (κ1) is 18.0. The molecule has 2 fully saturated rings. The number of nitrogens with zero attached hydrogens (tertiary/aromatic N) is 1. The monoisotopic (exact) mass is 383 g/mol. The van der Waals surface area contributed by atoms with Gasteiger partial charge in [-0.3, -0.25) is 4.79 Å². The van der Waals surface area contributed by atoms with E-state index in [0.717, 1.165) is 37.8 Å². The van der Waals surface area contributed by atoms with Crippen LogP contribution in [0, 0.1) is 17.3 Å². The second-order valence-corrected chi connectivity index (χ2v) is 9.01. The lowest BCUT2D eigenvalue weighted by molar-refractivity contribution is -0.160. The van der Waals surface area contributed by atoms with Crippen molar-refractivity contribution in [2.75, 3.05) is 27.3 Å². The molecule has 5 heteroatoms. The first-order valence-electron chi connectivity index (χ1n) is 10.4. The Hall–Kier alpha value is -2.01. The van der Waals surface area contributed by atoms with Gasteiger partial charge in [-0.2, -0.15) is 0 Å². The van der Waals surface area contributed by atoms with Crippen LogP contribution < -0.4 is 4.74 Å². The van der Waals surface area contributed by atoms with E-state index in [2.05, 4.69) is 30.2 Å². The third kappa shape index (κ3) is 2.03. The number of methoxy groups -OCH3 is 1. The minimum absolute atomic E-state index is 0.0625. The van der Waals surface area contributed by atoms with Gasteiger partial charge in [-0.05, 0) is 63.7 Å². The van der Waals surface area contributed by atoms with Gasteiger partial charge in [-0.15, -0.1) is 0 Å². The maximum atomic E-state index is 12.7. The Morgan fingerprint density at radius 3 is 2.93 bits per heavy atom. The molecule has 1 N–H and O–H groups in total. The van der Waals surface area contributed by atoms with E-state index in [1.54, 1.807) is 7.11 Å². The van der Waals surface area contributed by atoms with E-state index in [1.807, 2.05) is 13.0 Å². The number of carbonyl (C=O) groups is 1. The number of hydrogen-bond donors (Lipinski definition) is 1. The quantitative estimate of drug-likeness (QED) is 0.642. The summed E-state index contributed by atoms with van der Waals surface area (Å²) in [5.41, 5.74) is 2.02. The van der Waals surface area contributed by atoms with Crippen LogP contribution in [0.1, 0.15) is 37.3 Å². The number of likely N-dealkylation sites (tertiary alicyclic amines) is 1. The number of piperidine rings is 1. The number of benzene rings is 1. The molecule has 1 aromatic rings. The summed E-state index contributed by atoms with van der Waals surface area (Å²) in [6, 6.07) is 4.34. The van der Waals surface area contributed by atoms with Crippen molar-refractivity contribution >= 4 is 5.97 Å². The number of allylic oxidation sites excluding steroid dienone is 1. The van der Waals surface area contributed by atoms with E-state index in [1.165, 1.54) is 5.56 Å². The Kier molecular flexibility index (Phi) is 3.86. The number of fused-ring (bicyclic) bond motifs is 2. The summed E-state index contributed by atoms with van der Waals surface area (Å²) in [7, 11) is 3.81. The molecule has 28 heavy (non-hydrogen) atoms. The van der Waals surface area contributed by atoms with Crippen molar-refractivity contribution < 1.29 is 19.4 Å². The van der Waals surface area contributed by atoms with Crippen molar-refractivity contribution in [1.82, 2.24) is 4.90 Å². The Balaban J connectivity index is 1.70. The van der Waals surface area contributed by atoms with E-state index >= 15 is 0 Å². The molecule has 4 aliphatic carbocycles. The molecule has 1 saturated carbocycles. The van der Waals surface area contributed by atoms with E-state index < -0.39 is 0 Å². The fourth-order valence-electron chi connectivity index (χ4n) is 6.98. The van der Waals surface area contributed by atoms with Gasteiger partial charge in [0.15, 0.2) is 11.5 Å². The highest BCUT2D eigenvalue weighted by Crippen LogP contribution is 2.70. The molecular weight excluding hydrogens is 354 g/mol. The van der Waals surface area contributed by atoms with Crippen molar-refractivity contribution in [3.05, 3.63) is 35.4 Å². The van der Waals surface area contributed by atoms with E-state index in [4.69, 9.17) is 9.47 Å². The molecule has 5 atom stereocenters. The Bertz CT molecular complexity index is 864. The van der Waals surface area contributed by atoms with Crippen LogP contribution in [0.5, 0.6) is 11.5 Å². The molecule has 1 saturated heterocycles. The van der Waals surface area contributed by atoms with Crippen molar-refractivity contribution in [1.29, 1.82) is 0 Å². The summed E-state index contributed by atoms with van der Waals surface area (Å²) in [6.07, 6.45) is 8.22. The van der Waals surface area contributed by atoms with Crippen LogP contribution >= 0.6 is 0 Å². The number of likely N-dealkylation sites (N-methyl/N-ethyl adjacent to an activating group) is 1. The van der Waals surface area contributed by atoms with Crippen LogP contribution in [0.3, 0.4) is 0 Å². The summed E-state index contributed by atoms with van der Waals surface area (Å²) in [6.45, 7) is 3.31. The molecule has 1 aromatic carbocycles. The largest absolute Gasteiger partial charge is 0.504 e. The summed E-state index contributed by atoms with van der Waals surface area (Å²) in [5.74, 6) is 0.874. The lowest BCUT2D eigenvalue weighted by Crippen LogP contribution is -2.70. The van der Waals surface area contributed by atoms with Gasteiger partial charge in [0.25, 0.3) is 0 Å². The van der Waals surface area contributed by atoms with Crippen molar-refractivity contribution in [3.8, 4) is 11.5 Å². The highest BCUT2D eigenvalue weighted by atomic mass is 16.5. The maximum Gasteiger partial charge on any atom is 0.309 e. The van der Waals surface area contributed by atoms with Gasteiger partial charge in [0, 0.05) is 22.4 Å². The average molecular weight is 383 g/mol. The number of hydrogen-bond acceptors (Lipinski definition) is 5. The molecule has 0 radical (unpaired) electrons. The SMILES string of the molecule is CCOC(=O)[C@@H]1C[C@@]23C=C[C@H]1C[C@@]21CCN(C)[C@H]3Cc2ccc(OC)c(O)c21. The van der Waals surface area contributed by atoms with Gasteiger partial charge >= 0.3 is 5.97 Å². The standard InChI is InChI=1S/C23H29NO4/c1-4-28-21(26)16-13-22-8-7-15(16)12-23(22)9-10-24(2)18(22)11-14-5-6-17(27-3)20(25)19(14)23/h5-8,15-16,18,25H,4,9-13H2,1-3H3/t15-,16+,18-,22+,23+/m0/s1. The molecule has 0 amide bonds. The minimum atomic E-state index is -0.150. The number of rotatable bonds is 3. The first-order chi connectivity index (χ1) is 13.5. The predicted octanol–water partition coefficient (Wildman–Crippen LogP) is 3.04. The fraction of sp³-hybridized carbons (Fsp3) is 0.609. The molecule has 1 heterocycles. The van der Waals surface area contributed by atoms with Gasteiger partial charge in [-0.25, -0.2) is 0 Å². The second kappa shape index (κ2) is 5.99. The van der Waals surface area contributed by atoms with E-state index in [0.29, 0.717) is 24.1 Å². The molecule has 0 unspecified atom stereocenters. The van der Waals surface area contributed by atoms with E-state index in [9.17, 15) is 9.90 Å². The second-order valence-electron chi connectivity index (χ2n) is 9.01. The van der Waals surface area contributed by atoms with Crippen LogP contribution in [0.2, 0.25) is 0 Å². The van der Waals surface area contributed by atoms with Gasteiger partial charge in [-0.1, -0.05) is 18.2 Å². The number of aromatic hydroxyl groups is 1. The number of esters is 1. The molecule has 0 aromatic heterocycles. The van der Waals surface area contributed by atoms with Gasteiger partial charge in [0.1, 0.15) is 0 Å². The average Bonchev–Trinajstić information content (AvgIpc) is 2.70. The summed E-state index contributed by atoms with van der Waals surface area (Å²) < 4.78 is 10.9. The highest BCUT2D eigenvalue weighted by Gasteiger charge is 2.68. The van der Waals surface area contributed by atoms with Crippen LogP contribution in [0.25, 0.3) is 0 Å². The summed E-state index contributed by atoms with van der Waals surface area (Å²) in [5, 5.41) is 11.2. The van der Waals surface area contributed by atoms with Gasteiger partial charge in [0.05, 0.1) is 19.6 Å². The predicted molar refractivity (Wildman–Crippen MR) is 105 cm³/mol. The van der Waals surface area contributed by atoms with Crippen LogP contribution in [0.15, 0.2) is 24.3 Å². The minimum Gasteiger partial charge on any atom is -0.504 e. The molecule has 5 nitrogen and oxygen atoms in total. The third-order valence-electron chi connectivity index (χ3n) is 8.14. The Morgan fingerprint density at radius 1 is 1.36 bits per heavy atom. The zero-order chi connectivity index (χ0) is 19.7. The topological polar surface area (TPSA) is 59.0 Å². The normalized spacial score (nSPS) is 37.9. The molecule has 1 aliphatic heterocycles. The zero-order valence-electron chi connectivity index (χ0n) is 16.9. The molecule has 6 rings (SSSR count). The summed E-state index contributed by atoms with van der Waals surface area (Å²) >= 11 is 0. The van der Waals surface area contributed by atoms with Gasteiger partial charge < -0.3 is 19.5 Å². The smallest absolute Gasteiger partial charge is 0.309 e. The molecule has 150 valence electrons. The van der Waals surface area contributed by atoms with Crippen LogP contribution in [0.4, 0.5) is 0 Å². The Morgan fingerprint density at radius 2 is 2.18 bits per heavy atom. The lowest BCUT2D eigenvalue weighted by Gasteiger charge is -2.68. The first-order valence-corrected chi connectivity index (χ1v) is 10.4. The lowest BCUT2D eigenvalue weighted by atomic mass is 9.38. The van der Waals surface area contributed by atoms with Crippen LogP contribution in [-0.2, 0) is 21.4 Å². The van der Waals surface area contributed by atoms with E-state index in [-0.39, 0.29) is 28.6 Å². The highest BCUT2D eigenvalue weighted by molar-refractivity contribution is 5.75. The van der Waals surface area contributed by atoms with Crippen LogP contribution in [-0.4, -0.2) is 49.3 Å². The third-order valence-corrected chi connectivity index (χ3v) is 8.14. The fourth-order valence-corrected chi connectivity index (χ4v) is 6.98. The zero-order valence-corrected chi connectivity index (χ0v) is 16.9. The summed E-state index contributed by atoms with van der Waals surface area (Å²) in [4.78, 5) is 15.2. The van der Waals surface area contributed by atoms with Crippen molar-refractivity contribution in [2.45, 2.75) is 44.1 Å².